The van der Waals surface area contributed by atoms with Gasteiger partial charge >= 0.3 is 0 Å². The van der Waals surface area contributed by atoms with Crippen LogP contribution in [-0.2, 0) is 0 Å². The van der Waals surface area contributed by atoms with E-state index in [0.717, 1.165) is 11.1 Å². The second kappa shape index (κ2) is 2.29. The third-order valence-electron chi connectivity index (χ3n) is 1.56. The number of halogens is 1. The zero-order chi connectivity index (χ0) is 7.72. The van der Waals surface area contributed by atoms with Crippen LogP contribution in [-0.4, -0.2) is 5.11 Å². The lowest BCUT2D eigenvalue weighted by molar-refractivity contribution is 0.431. The highest BCUT2D eigenvalue weighted by Crippen LogP contribution is 2.19. The summed E-state index contributed by atoms with van der Waals surface area (Å²) in [6.45, 7) is 3.63. The molecule has 54 valence electrons. The van der Waals surface area contributed by atoms with E-state index in [2.05, 4.69) is 0 Å². The maximum absolute atomic E-state index is 12.5. The van der Waals surface area contributed by atoms with E-state index in [1.54, 1.807) is 6.92 Å². The lowest BCUT2D eigenvalue weighted by Gasteiger charge is -2.00. The summed E-state index contributed by atoms with van der Waals surface area (Å²) < 4.78 is 12.5. The second-order valence-electron chi connectivity index (χ2n) is 2.39. The van der Waals surface area contributed by atoms with Crippen LogP contribution in [0.2, 0.25) is 0 Å². The molecule has 0 saturated carbocycles. The van der Waals surface area contributed by atoms with Crippen molar-refractivity contribution in [1.29, 1.82) is 0 Å². The number of phenolic OH excluding ortho intramolecular Hbond substituents is 1. The number of aromatic hydroxyl groups is 1. The number of benzene rings is 1. The average molecular weight is 140 g/mol. The molecule has 0 amide bonds. The molecule has 0 unspecified atom stereocenters. The first kappa shape index (κ1) is 7.06. The Balaban J connectivity index is 3.28. The molecule has 10 heavy (non-hydrogen) atoms. The summed E-state index contributed by atoms with van der Waals surface area (Å²) in [7, 11) is 0. The first-order valence-electron chi connectivity index (χ1n) is 3.07. The van der Waals surface area contributed by atoms with Gasteiger partial charge < -0.3 is 5.11 Å². The van der Waals surface area contributed by atoms with Crippen molar-refractivity contribution < 1.29 is 9.50 Å². The van der Waals surface area contributed by atoms with Crippen LogP contribution in [0, 0.1) is 19.7 Å². The minimum atomic E-state index is -0.553. The number of aryl methyl sites for hydroxylation is 2. The Hall–Kier alpha value is -1.05. The molecule has 0 radical (unpaired) electrons. The standard InChI is InChI=1S/C8H9FO/c1-5-3-7(9)8(10)4-6(5)2/h3-4,10H,1-2H3. The molecule has 1 aromatic carbocycles. The van der Waals surface area contributed by atoms with Crippen LogP contribution in [0.1, 0.15) is 11.1 Å². The molecular weight excluding hydrogens is 131 g/mol. The van der Waals surface area contributed by atoms with Gasteiger partial charge in [-0.2, -0.15) is 0 Å². The fourth-order valence-electron chi connectivity index (χ4n) is 0.766. The van der Waals surface area contributed by atoms with Crippen molar-refractivity contribution in [3.05, 3.63) is 29.1 Å². The fraction of sp³-hybridized carbons (Fsp3) is 0.250. The molecule has 1 aromatic rings. The summed E-state index contributed by atoms with van der Waals surface area (Å²) in [4.78, 5) is 0. The van der Waals surface area contributed by atoms with Gasteiger partial charge in [-0.3, -0.25) is 0 Å². The first-order chi connectivity index (χ1) is 4.61. The first-order valence-corrected chi connectivity index (χ1v) is 3.07. The van der Waals surface area contributed by atoms with Crippen molar-refractivity contribution in [3.8, 4) is 5.75 Å². The summed E-state index contributed by atoms with van der Waals surface area (Å²) in [5.74, 6) is -0.828. The maximum atomic E-state index is 12.5. The van der Waals surface area contributed by atoms with E-state index in [1.165, 1.54) is 12.1 Å². The number of hydrogen-bond donors (Lipinski definition) is 1. The van der Waals surface area contributed by atoms with Crippen LogP contribution in [0.15, 0.2) is 12.1 Å². The van der Waals surface area contributed by atoms with Crippen LogP contribution in [0.25, 0.3) is 0 Å². The van der Waals surface area contributed by atoms with Gasteiger partial charge in [-0.15, -0.1) is 0 Å². The fourth-order valence-corrected chi connectivity index (χ4v) is 0.766. The van der Waals surface area contributed by atoms with Gasteiger partial charge in [0.25, 0.3) is 0 Å². The molecule has 1 N–H and O–H groups in total. The molecule has 0 heterocycles. The molecule has 0 atom stereocenters. The van der Waals surface area contributed by atoms with Crippen molar-refractivity contribution in [2.45, 2.75) is 13.8 Å². The van der Waals surface area contributed by atoms with Crippen LogP contribution in [0.4, 0.5) is 4.39 Å². The molecule has 1 rings (SSSR count). The van der Waals surface area contributed by atoms with Gasteiger partial charge in [-0.1, -0.05) is 0 Å². The number of phenols is 1. The molecule has 0 aromatic heterocycles. The van der Waals surface area contributed by atoms with E-state index >= 15 is 0 Å². The summed E-state index contributed by atoms with van der Waals surface area (Å²) in [6.07, 6.45) is 0. The predicted octanol–water partition coefficient (Wildman–Crippen LogP) is 2.15. The van der Waals surface area contributed by atoms with Crippen molar-refractivity contribution in [2.24, 2.45) is 0 Å². The molecule has 1 nitrogen and oxygen atoms in total. The average Bonchev–Trinajstić information content (AvgIpc) is 1.84. The molecule has 0 spiro atoms. The van der Waals surface area contributed by atoms with Gasteiger partial charge in [0.2, 0.25) is 0 Å². The van der Waals surface area contributed by atoms with E-state index in [0.29, 0.717) is 0 Å². The summed E-state index contributed by atoms with van der Waals surface area (Å²) in [5, 5.41) is 8.85. The van der Waals surface area contributed by atoms with Crippen LogP contribution >= 0.6 is 0 Å². The van der Waals surface area contributed by atoms with Gasteiger partial charge in [0, 0.05) is 0 Å². The minimum absolute atomic E-state index is 0.275. The van der Waals surface area contributed by atoms with Crippen molar-refractivity contribution in [1.82, 2.24) is 0 Å². The van der Waals surface area contributed by atoms with E-state index < -0.39 is 5.82 Å². The minimum Gasteiger partial charge on any atom is -0.505 e. The largest absolute Gasteiger partial charge is 0.505 e. The van der Waals surface area contributed by atoms with E-state index in [1.807, 2.05) is 6.92 Å². The van der Waals surface area contributed by atoms with Crippen LogP contribution < -0.4 is 0 Å². The predicted molar refractivity (Wildman–Crippen MR) is 37.5 cm³/mol. The Kier molecular flexibility index (Phi) is 1.62. The van der Waals surface area contributed by atoms with Crippen LogP contribution in [0.3, 0.4) is 0 Å². The van der Waals surface area contributed by atoms with E-state index in [4.69, 9.17) is 5.11 Å². The molecule has 0 bridgehead atoms. The third-order valence-corrected chi connectivity index (χ3v) is 1.56. The highest BCUT2D eigenvalue weighted by Gasteiger charge is 2.01. The maximum Gasteiger partial charge on any atom is 0.165 e. The van der Waals surface area contributed by atoms with Gasteiger partial charge in [0.1, 0.15) is 0 Å². The second-order valence-corrected chi connectivity index (χ2v) is 2.39. The third kappa shape index (κ3) is 1.10. The Morgan fingerprint density at radius 2 is 1.70 bits per heavy atom. The van der Waals surface area contributed by atoms with E-state index in [9.17, 15) is 4.39 Å². The topological polar surface area (TPSA) is 20.2 Å². The molecule has 0 aliphatic carbocycles. The van der Waals surface area contributed by atoms with Crippen molar-refractivity contribution in [3.63, 3.8) is 0 Å². The monoisotopic (exact) mass is 140 g/mol. The van der Waals surface area contributed by atoms with Crippen molar-refractivity contribution >= 4 is 0 Å². The molecular formula is C8H9FO. The van der Waals surface area contributed by atoms with Gasteiger partial charge in [-0.25, -0.2) is 4.39 Å². The van der Waals surface area contributed by atoms with Gasteiger partial charge in [-0.05, 0) is 37.1 Å². The Morgan fingerprint density at radius 3 is 2.20 bits per heavy atom. The highest BCUT2D eigenvalue weighted by molar-refractivity contribution is 5.34. The zero-order valence-corrected chi connectivity index (χ0v) is 5.98. The number of hydrogen-bond acceptors (Lipinski definition) is 1. The molecule has 2 heteroatoms. The lowest BCUT2D eigenvalue weighted by atomic mass is 10.1. The summed E-state index contributed by atoms with van der Waals surface area (Å²) in [5.41, 5.74) is 1.76. The normalized spacial score (nSPS) is 9.90. The Bertz CT molecular complexity index is 205. The SMILES string of the molecule is Cc1cc(O)c(F)cc1C. The molecule has 0 aliphatic rings. The quantitative estimate of drug-likeness (QED) is 0.585. The number of rotatable bonds is 0. The molecule has 0 aliphatic heterocycles. The highest BCUT2D eigenvalue weighted by atomic mass is 19.1. The van der Waals surface area contributed by atoms with Gasteiger partial charge in [0.05, 0.1) is 0 Å². The zero-order valence-electron chi connectivity index (χ0n) is 5.98. The Morgan fingerprint density at radius 1 is 1.20 bits per heavy atom. The van der Waals surface area contributed by atoms with E-state index in [-0.39, 0.29) is 5.75 Å². The lowest BCUT2D eigenvalue weighted by Crippen LogP contribution is -1.83. The molecule has 0 saturated heterocycles. The summed E-state index contributed by atoms with van der Waals surface area (Å²) >= 11 is 0. The molecule has 0 fully saturated rings. The van der Waals surface area contributed by atoms with Crippen molar-refractivity contribution in [2.75, 3.05) is 0 Å². The Labute approximate surface area is 59.1 Å². The van der Waals surface area contributed by atoms with Gasteiger partial charge in [0.15, 0.2) is 11.6 Å². The van der Waals surface area contributed by atoms with Crippen LogP contribution in [0.5, 0.6) is 5.75 Å². The summed E-state index contributed by atoms with van der Waals surface area (Å²) in [6, 6.07) is 2.75. The smallest absolute Gasteiger partial charge is 0.165 e.